The second kappa shape index (κ2) is 10.2. The van der Waals surface area contributed by atoms with E-state index in [1.165, 1.54) is 0 Å². The lowest BCUT2D eigenvalue weighted by Crippen LogP contribution is -2.31. The number of nitrogens with one attached hydrogen (secondary N) is 2. The number of carbonyl (C=O) groups is 2. The predicted molar refractivity (Wildman–Crippen MR) is 118 cm³/mol. The average Bonchev–Trinajstić information content (AvgIpc) is 2.74. The molecule has 1 heterocycles. The number of allylic oxidation sites excluding steroid dienone is 1. The van der Waals surface area contributed by atoms with Crippen LogP contribution in [-0.2, 0) is 9.59 Å². The molecule has 2 N–H and O–H groups in total. The molecule has 1 atom stereocenters. The molecule has 8 heteroatoms. The lowest BCUT2D eigenvalue weighted by Gasteiger charge is -2.25. The van der Waals surface area contributed by atoms with Crippen LogP contribution in [0.4, 0.5) is 5.69 Å². The summed E-state index contributed by atoms with van der Waals surface area (Å²) < 4.78 is 5.45. The molecule has 0 fully saturated rings. The molecule has 3 rings (SSSR count). The van der Waals surface area contributed by atoms with Crippen molar-refractivity contribution in [2.45, 2.75) is 19.3 Å². The Morgan fingerprint density at radius 2 is 2.03 bits per heavy atom. The van der Waals surface area contributed by atoms with Gasteiger partial charge in [-0.1, -0.05) is 47.6 Å². The maximum absolute atomic E-state index is 12.3. The molecule has 154 valence electrons. The summed E-state index contributed by atoms with van der Waals surface area (Å²) in [5, 5.41) is 16.0. The Hall–Kier alpha value is -2.95. The van der Waals surface area contributed by atoms with Crippen molar-refractivity contribution in [2.24, 2.45) is 0 Å². The molecule has 1 unspecified atom stereocenters. The second-order valence-corrected chi connectivity index (χ2v) is 7.87. The van der Waals surface area contributed by atoms with Gasteiger partial charge in [0.1, 0.15) is 5.75 Å². The molecule has 0 aliphatic carbocycles. The van der Waals surface area contributed by atoms with Crippen molar-refractivity contribution < 1.29 is 14.3 Å². The smallest absolute Gasteiger partial charge is 0.234 e. The van der Waals surface area contributed by atoms with E-state index in [9.17, 15) is 14.9 Å². The average molecular weight is 442 g/mol. The van der Waals surface area contributed by atoms with Crippen LogP contribution in [0.1, 0.15) is 24.8 Å². The zero-order valence-corrected chi connectivity index (χ0v) is 17.8. The van der Waals surface area contributed by atoms with E-state index in [-0.39, 0.29) is 29.9 Å². The quantitative estimate of drug-likeness (QED) is 0.662. The Balaban J connectivity index is 1.74. The molecular formula is C22H20ClN3O3S. The van der Waals surface area contributed by atoms with Gasteiger partial charge in [0.15, 0.2) is 0 Å². The van der Waals surface area contributed by atoms with Crippen molar-refractivity contribution in [1.82, 2.24) is 5.32 Å². The van der Waals surface area contributed by atoms with Crippen LogP contribution < -0.4 is 15.4 Å². The molecule has 0 bridgehead atoms. The number of amides is 2. The van der Waals surface area contributed by atoms with Gasteiger partial charge in [-0.05, 0) is 36.8 Å². The number of halogens is 1. The number of benzene rings is 2. The number of nitriles is 1. The maximum Gasteiger partial charge on any atom is 0.234 e. The Kier molecular flexibility index (Phi) is 7.39. The van der Waals surface area contributed by atoms with E-state index in [1.54, 1.807) is 24.3 Å². The topological polar surface area (TPSA) is 91.2 Å². The van der Waals surface area contributed by atoms with Gasteiger partial charge in [-0.2, -0.15) is 5.26 Å². The van der Waals surface area contributed by atoms with Gasteiger partial charge in [0, 0.05) is 12.3 Å². The molecule has 2 amide bonds. The summed E-state index contributed by atoms with van der Waals surface area (Å²) in [4.78, 5) is 24.6. The van der Waals surface area contributed by atoms with E-state index in [2.05, 4.69) is 16.7 Å². The highest BCUT2D eigenvalue weighted by atomic mass is 35.5. The SMILES string of the molecule is CCOc1ccc(C2CC(=O)NC(SCC(=O)Nc3ccccc3Cl)=C2C#N)cc1. The number of ether oxygens (including phenoxy) is 1. The number of rotatable bonds is 7. The van der Waals surface area contributed by atoms with Crippen LogP contribution >= 0.6 is 23.4 Å². The molecule has 0 saturated heterocycles. The molecule has 0 saturated carbocycles. The van der Waals surface area contributed by atoms with Crippen LogP contribution in [0.15, 0.2) is 59.1 Å². The van der Waals surface area contributed by atoms with Crippen molar-refractivity contribution in [3.63, 3.8) is 0 Å². The van der Waals surface area contributed by atoms with E-state index in [0.29, 0.717) is 27.9 Å². The number of anilines is 1. The third kappa shape index (κ3) is 5.35. The van der Waals surface area contributed by atoms with Crippen molar-refractivity contribution >= 4 is 40.9 Å². The fourth-order valence-corrected chi connectivity index (χ4v) is 4.13. The Bertz CT molecular complexity index is 1020. The monoisotopic (exact) mass is 441 g/mol. The normalized spacial score (nSPS) is 15.9. The Morgan fingerprint density at radius 3 is 2.70 bits per heavy atom. The van der Waals surface area contributed by atoms with Gasteiger partial charge in [0.25, 0.3) is 0 Å². The minimum atomic E-state index is -0.367. The lowest BCUT2D eigenvalue weighted by molar-refractivity contribution is -0.121. The summed E-state index contributed by atoms with van der Waals surface area (Å²) in [6.45, 7) is 2.47. The highest BCUT2D eigenvalue weighted by Crippen LogP contribution is 2.36. The van der Waals surface area contributed by atoms with Gasteiger partial charge in [0.2, 0.25) is 11.8 Å². The van der Waals surface area contributed by atoms with Crippen LogP contribution in [-0.4, -0.2) is 24.2 Å². The first kappa shape index (κ1) is 21.8. The van der Waals surface area contributed by atoms with E-state index in [0.717, 1.165) is 23.1 Å². The molecule has 30 heavy (non-hydrogen) atoms. The van der Waals surface area contributed by atoms with Crippen LogP contribution in [0.5, 0.6) is 5.75 Å². The van der Waals surface area contributed by atoms with Crippen LogP contribution in [0.3, 0.4) is 0 Å². The molecule has 0 aromatic heterocycles. The minimum absolute atomic E-state index is 0.0298. The molecule has 1 aliphatic heterocycles. The molecule has 6 nitrogen and oxygen atoms in total. The number of hydrogen-bond donors (Lipinski definition) is 2. The number of thioether (sulfide) groups is 1. The van der Waals surface area contributed by atoms with Crippen LogP contribution in [0.25, 0.3) is 0 Å². The standard InChI is InChI=1S/C22H20ClN3O3S/c1-2-29-15-9-7-14(8-10-15)16-11-20(27)26-22(17(16)12-24)30-13-21(28)25-19-6-4-3-5-18(19)23/h3-10,16H,2,11,13H2,1H3,(H,25,28)(H,26,27). The summed E-state index contributed by atoms with van der Waals surface area (Å²) >= 11 is 7.18. The van der Waals surface area contributed by atoms with Crippen molar-refractivity contribution in [3.8, 4) is 11.8 Å². The summed E-state index contributed by atoms with van der Waals surface area (Å²) in [6.07, 6.45) is 0.173. The lowest BCUT2D eigenvalue weighted by atomic mass is 9.87. The van der Waals surface area contributed by atoms with Gasteiger partial charge < -0.3 is 15.4 Å². The zero-order chi connectivity index (χ0) is 21.5. The van der Waals surface area contributed by atoms with Gasteiger partial charge in [-0.25, -0.2) is 0 Å². The number of nitrogens with zero attached hydrogens (tertiary/aromatic N) is 1. The fraction of sp³-hybridized carbons (Fsp3) is 0.227. The predicted octanol–water partition coefficient (Wildman–Crippen LogP) is 4.45. The summed E-state index contributed by atoms with van der Waals surface area (Å²) in [5.74, 6) is -0.0808. The zero-order valence-electron chi connectivity index (χ0n) is 16.3. The van der Waals surface area contributed by atoms with Gasteiger partial charge in [-0.15, -0.1) is 0 Å². The molecule has 0 radical (unpaired) electrons. The van der Waals surface area contributed by atoms with Gasteiger partial charge in [0.05, 0.1) is 39.7 Å². The van der Waals surface area contributed by atoms with Crippen molar-refractivity contribution in [2.75, 3.05) is 17.7 Å². The maximum atomic E-state index is 12.3. The minimum Gasteiger partial charge on any atom is -0.494 e. The third-order valence-corrected chi connectivity index (χ3v) is 5.79. The first-order valence-electron chi connectivity index (χ1n) is 9.35. The summed E-state index contributed by atoms with van der Waals surface area (Å²) in [5.41, 5.74) is 1.80. The highest BCUT2D eigenvalue weighted by Gasteiger charge is 2.30. The Labute approximate surface area is 184 Å². The molecular weight excluding hydrogens is 422 g/mol. The van der Waals surface area contributed by atoms with Gasteiger partial charge in [-0.3, -0.25) is 9.59 Å². The van der Waals surface area contributed by atoms with E-state index >= 15 is 0 Å². The number of carbonyl (C=O) groups excluding carboxylic acids is 2. The molecule has 2 aromatic carbocycles. The molecule has 0 spiro atoms. The van der Waals surface area contributed by atoms with E-state index in [1.807, 2.05) is 31.2 Å². The first-order valence-corrected chi connectivity index (χ1v) is 10.7. The van der Waals surface area contributed by atoms with E-state index in [4.69, 9.17) is 16.3 Å². The van der Waals surface area contributed by atoms with Crippen LogP contribution in [0.2, 0.25) is 5.02 Å². The Morgan fingerprint density at radius 1 is 1.30 bits per heavy atom. The first-order chi connectivity index (χ1) is 14.5. The van der Waals surface area contributed by atoms with E-state index < -0.39 is 0 Å². The summed E-state index contributed by atoms with van der Waals surface area (Å²) in [7, 11) is 0. The number of para-hydroxylation sites is 1. The largest absolute Gasteiger partial charge is 0.494 e. The number of hydrogen-bond acceptors (Lipinski definition) is 5. The van der Waals surface area contributed by atoms with Crippen LogP contribution in [0, 0.1) is 11.3 Å². The second-order valence-electron chi connectivity index (χ2n) is 6.48. The summed E-state index contributed by atoms with van der Waals surface area (Å²) in [6, 6.07) is 16.5. The van der Waals surface area contributed by atoms with Crippen molar-refractivity contribution in [3.05, 3.63) is 69.7 Å². The van der Waals surface area contributed by atoms with Crippen molar-refractivity contribution in [1.29, 1.82) is 5.26 Å². The fourth-order valence-electron chi connectivity index (χ4n) is 3.07. The third-order valence-electron chi connectivity index (χ3n) is 4.45. The highest BCUT2D eigenvalue weighted by molar-refractivity contribution is 8.03. The van der Waals surface area contributed by atoms with Gasteiger partial charge >= 0.3 is 0 Å². The molecule has 1 aliphatic rings. The molecule has 2 aromatic rings.